The largest absolute Gasteiger partial charge is 0.478 e. The van der Waals surface area contributed by atoms with Gasteiger partial charge < -0.3 is 15.2 Å². The number of carbonyl (C=O) groups excluding carboxylic acids is 1. The molecule has 0 aromatic heterocycles. The number of halogens is 3. The van der Waals surface area contributed by atoms with Gasteiger partial charge in [0, 0.05) is 31.8 Å². The molecular formula is C17H17F3N4O4. The van der Waals surface area contributed by atoms with Crippen LogP contribution in [0.4, 0.5) is 18.9 Å². The summed E-state index contributed by atoms with van der Waals surface area (Å²) in [5.41, 5.74) is 4.75. The standard InChI is InChI=1S/C17H17F3N4O4/c18-17(19,20)15(27)21-11-4-5-23(8-11)16-22-24-7-10(14(25)26)6-9-2-1-3-12(28-16)13(9)24/h1-3,7,11,16,22H,4-6,8H2,(H,21,27)(H,25,26)/t11?,16-/m1/s1. The van der Waals surface area contributed by atoms with E-state index in [1.165, 1.54) is 6.20 Å². The number of aliphatic carboxylic acids is 1. The average Bonchev–Trinajstić information content (AvgIpc) is 3.09. The minimum Gasteiger partial charge on any atom is -0.478 e. The van der Waals surface area contributed by atoms with Crippen LogP contribution in [0.15, 0.2) is 30.0 Å². The van der Waals surface area contributed by atoms with Gasteiger partial charge in [0.25, 0.3) is 0 Å². The number of rotatable bonds is 3. The lowest BCUT2D eigenvalue weighted by Crippen LogP contribution is -2.58. The van der Waals surface area contributed by atoms with Crippen LogP contribution < -0.4 is 20.5 Å². The number of carboxylic acid groups (broad SMARTS) is 1. The highest BCUT2D eigenvalue weighted by Gasteiger charge is 2.42. The quantitative estimate of drug-likeness (QED) is 0.698. The second-order valence-electron chi connectivity index (χ2n) is 6.82. The van der Waals surface area contributed by atoms with Gasteiger partial charge in [-0.05, 0) is 18.1 Å². The first-order valence-corrected chi connectivity index (χ1v) is 8.62. The average molecular weight is 398 g/mol. The Kier molecular flexibility index (Phi) is 4.42. The van der Waals surface area contributed by atoms with Crippen LogP contribution in [-0.2, 0) is 16.0 Å². The minimum atomic E-state index is -4.92. The minimum absolute atomic E-state index is 0.165. The summed E-state index contributed by atoms with van der Waals surface area (Å²) in [6.07, 6.45) is -3.55. The number of hydrogen-bond donors (Lipinski definition) is 3. The number of likely N-dealkylation sites (tertiary alicyclic amines) is 1. The Morgan fingerprint density at radius 1 is 1.32 bits per heavy atom. The molecule has 3 heterocycles. The van der Waals surface area contributed by atoms with Gasteiger partial charge in [0.15, 0.2) is 0 Å². The number of amides is 1. The molecule has 0 spiro atoms. The van der Waals surface area contributed by atoms with Crippen molar-refractivity contribution < 1.29 is 32.6 Å². The molecule has 2 atom stereocenters. The fraction of sp³-hybridized carbons (Fsp3) is 0.412. The molecule has 4 rings (SSSR count). The first kappa shape index (κ1) is 18.6. The number of carboxylic acids is 1. The second-order valence-corrected chi connectivity index (χ2v) is 6.82. The van der Waals surface area contributed by atoms with Gasteiger partial charge in [0.05, 0.1) is 5.57 Å². The van der Waals surface area contributed by atoms with E-state index in [1.807, 2.05) is 11.4 Å². The first-order valence-electron chi connectivity index (χ1n) is 8.62. The molecule has 11 heteroatoms. The summed E-state index contributed by atoms with van der Waals surface area (Å²) in [6, 6.07) is 4.67. The topological polar surface area (TPSA) is 94.1 Å². The van der Waals surface area contributed by atoms with Gasteiger partial charge >= 0.3 is 18.1 Å². The van der Waals surface area contributed by atoms with Crippen molar-refractivity contribution in [3.05, 3.63) is 35.5 Å². The molecule has 1 amide bonds. The van der Waals surface area contributed by atoms with Crippen LogP contribution in [0.3, 0.4) is 0 Å². The SMILES string of the molecule is O=C(O)C1=CN2N[C@H](N3CCC(NC(=O)C(F)(F)F)C3)Oc3cccc(c32)C1. The Morgan fingerprint density at radius 3 is 2.82 bits per heavy atom. The molecule has 0 aliphatic carbocycles. The van der Waals surface area contributed by atoms with Crippen LogP contribution in [0.25, 0.3) is 0 Å². The van der Waals surface area contributed by atoms with Crippen LogP contribution in [0.1, 0.15) is 12.0 Å². The fourth-order valence-electron chi connectivity index (χ4n) is 3.59. The van der Waals surface area contributed by atoms with Gasteiger partial charge in [-0.15, -0.1) is 0 Å². The third kappa shape index (κ3) is 3.38. The maximum absolute atomic E-state index is 12.4. The van der Waals surface area contributed by atoms with Crippen molar-refractivity contribution >= 4 is 17.6 Å². The number of nitrogens with one attached hydrogen (secondary N) is 2. The lowest BCUT2D eigenvalue weighted by Gasteiger charge is -2.41. The van der Waals surface area contributed by atoms with Crippen LogP contribution in [0.2, 0.25) is 0 Å². The Bertz CT molecular complexity index is 857. The van der Waals surface area contributed by atoms with Crippen LogP contribution >= 0.6 is 0 Å². The predicted octanol–water partition coefficient (Wildman–Crippen LogP) is 0.951. The smallest absolute Gasteiger partial charge is 0.471 e. The Balaban J connectivity index is 1.50. The summed E-state index contributed by atoms with van der Waals surface area (Å²) < 4.78 is 43.3. The van der Waals surface area contributed by atoms with E-state index in [-0.39, 0.29) is 18.5 Å². The summed E-state index contributed by atoms with van der Waals surface area (Å²) in [5, 5.41) is 12.9. The van der Waals surface area contributed by atoms with E-state index in [0.717, 1.165) is 5.56 Å². The lowest BCUT2D eigenvalue weighted by atomic mass is 9.99. The number of hydrazine groups is 1. The molecule has 1 unspecified atom stereocenters. The van der Waals surface area contributed by atoms with Crippen molar-refractivity contribution in [3.63, 3.8) is 0 Å². The molecule has 1 saturated heterocycles. The van der Waals surface area contributed by atoms with Crippen molar-refractivity contribution in [2.75, 3.05) is 18.1 Å². The van der Waals surface area contributed by atoms with Gasteiger partial charge in [-0.3, -0.25) is 14.7 Å². The van der Waals surface area contributed by atoms with Gasteiger partial charge in [0.1, 0.15) is 11.4 Å². The van der Waals surface area contributed by atoms with E-state index in [4.69, 9.17) is 4.74 Å². The Hall–Kier alpha value is -2.79. The molecule has 1 aromatic rings. The fourth-order valence-corrected chi connectivity index (χ4v) is 3.59. The highest BCUT2D eigenvalue weighted by atomic mass is 19.4. The molecule has 8 nitrogen and oxygen atoms in total. The Labute approximate surface area is 157 Å². The summed E-state index contributed by atoms with van der Waals surface area (Å²) in [5.74, 6) is -2.45. The van der Waals surface area contributed by atoms with Gasteiger partial charge in [-0.1, -0.05) is 12.1 Å². The van der Waals surface area contributed by atoms with E-state index in [2.05, 4.69) is 5.43 Å². The number of hydrogen-bond acceptors (Lipinski definition) is 6. The number of alkyl halides is 3. The van der Waals surface area contributed by atoms with Crippen molar-refractivity contribution in [1.82, 2.24) is 15.6 Å². The highest BCUT2D eigenvalue weighted by molar-refractivity contribution is 5.90. The predicted molar refractivity (Wildman–Crippen MR) is 90.1 cm³/mol. The molecule has 3 aliphatic heterocycles. The van der Waals surface area contributed by atoms with E-state index < -0.39 is 30.4 Å². The normalized spacial score (nSPS) is 24.2. The van der Waals surface area contributed by atoms with Crippen LogP contribution in [0, 0.1) is 0 Å². The molecule has 0 radical (unpaired) electrons. The summed E-state index contributed by atoms with van der Waals surface area (Å²) in [7, 11) is 0. The number of ether oxygens (including phenoxy) is 1. The van der Waals surface area contributed by atoms with E-state index in [9.17, 15) is 27.9 Å². The monoisotopic (exact) mass is 398 g/mol. The summed E-state index contributed by atoms with van der Waals surface area (Å²) in [6.45, 7) is 0.566. The van der Waals surface area contributed by atoms with E-state index in [0.29, 0.717) is 24.4 Å². The Morgan fingerprint density at radius 2 is 2.11 bits per heavy atom. The third-order valence-electron chi connectivity index (χ3n) is 4.90. The van der Waals surface area contributed by atoms with Crippen LogP contribution in [0.5, 0.6) is 5.75 Å². The van der Waals surface area contributed by atoms with Gasteiger partial charge in [0.2, 0.25) is 6.35 Å². The highest BCUT2D eigenvalue weighted by Crippen LogP contribution is 2.39. The molecule has 1 aromatic carbocycles. The molecular weight excluding hydrogens is 381 g/mol. The van der Waals surface area contributed by atoms with E-state index >= 15 is 0 Å². The molecule has 1 fully saturated rings. The maximum atomic E-state index is 12.4. The summed E-state index contributed by atoms with van der Waals surface area (Å²) in [4.78, 5) is 24.3. The number of benzene rings is 1. The van der Waals surface area contributed by atoms with Crippen LogP contribution in [-0.4, -0.2) is 53.5 Å². The summed E-state index contributed by atoms with van der Waals surface area (Å²) >= 11 is 0. The molecule has 3 aliphatic rings. The molecule has 150 valence electrons. The number of carbonyl (C=O) groups is 2. The van der Waals surface area contributed by atoms with Gasteiger partial charge in [-0.2, -0.15) is 18.6 Å². The number of para-hydroxylation sites is 1. The molecule has 0 saturated carbocycles. The second kappa shape index (κ2) is 6.67. The molecule has 28 heavy (non-hydrogen) atoms. The maximum Gasteiger partial charge on any atom is 0.471 e. The zero-order chi connectivity index (χ0) is 20.1. The number of nitrogens with zero attached hydrogens (tertiary/aromatic N) is 2. The third-order valence-corrected chi connectivity index (χ3v) is 4.90. The van der Waals surface area contributed by atoms with Crippen molar-refractivity contribution in [1.29, 1.82) is 0 Å². The molecule has 3 N–H and O–H groups in total. The van der Waals surface area contributed by atoms with Crippen molar-refractivity contribution in [2.24, 2.45) is 0 Å². The van der Waals surface area contributed by atoms with E-state index in [1.54, 1.807) is 22.0 Å². The zero-order valence-corrected chi connectivity index (χ0v) is 14.5. The molecule has 0 bridgehead atoms. The zero-order valence-electron chi connectivity index (χ0n) is 14.5. The van der Waals surface area contributed by atoms with Gasteiger partial charge in [-0.25, -0.2) is 4.79 Å². The lowest BCUT2D eigenvalue weighted by molar-refractivity contribution is -0.174. The van der Waals surface area contributed by atoms with Crippen molar-refractivity contribution in [2.45, 2.75) is 31.4 Å². The number of anilines is 1. The first-order chi connectivity index (χ1) is 13.2. The van der Waals surface area contributed by atoms with Crippen molar-refractivity contribution in [3.8, 4) is 5.75 Å².